The number of allylic oxidation sites excluding steroid dienone is 2. The lowest BCUT2D eigenvalue weighted by atomic mass is 9.88. The average molecular weight is 790 g/mol. The second kappa shape index (κ2) is 17.1. The van der Waals surface area contributed by atoms with Crippen LogP contribution in [0.3, 0.4) is 0 Å². The molecule has 1 amide bonds. The standard InChI is InChI=1S/C49H55N7O3/c57-49(46-14-8-30-59-46)56-26-7-12-43(56)48-51-32-41(53-48)39-21-17-36(18-22-39)35-15-19-38(20-16-35)40-31-50-47(52-40)42-11-6-25-55(42)33-44(45-13-4-5-29-58-45)54-27-23-37(24-28-54)34-9-2-1-3-10-34/h1-5,9-10,13,15-22,29,31-32,37,42-46H,6-8,11-12,14,23-28,30,33H2,(H,50,52)(H,51,53)/t42-,43-,44?,45?,46+/m0/s1. The van der Waals surface area contributed by atoms with Crippen LogP contribution in [0.2, 0.25) is 0 Å². The zero-order valence-electron chi connectivity index (χ0n) is 33.8. The molecule has 5 aliphatic rings. The number of aromatic amines is 2. The highest BCUT2D eigenvalue weighted by atomic mass is 16.5. The van der Waals surface area contributed by atoms with E-state index in [1.165, 1.54) is 18.4 Å². The Morgan fingerprint density at radius 2 is 1.51 bits per heavy atom. The van der Waals surface area contributed by atoms with Crippen molar-refractivity contribution in [1.82, 2.24) is 34.6 Å². The number of nitrogens with zero attached hydrogens (tertiary/aromatic N) is 5. The van der Waals surface area contributed by atoms with Gasteiger partial charge >= 0.3 is 0 Å². The van der Waals surface area contributed by atoms with Crippen molar-refractivity contribution in [3.05, 3.63) is 133 Å². The van der Waals surface area contributed by atoms with E-state index in [1.807, 2.05) is 29.6 Å². The highest BCUT2D eigenvalue weighted by Gasteiger charge is 2.38. The summed E-state index contributed by atoms with van der Waals surface area (Å²) in [4.78, 5) is 37.5. The van der Waals surface area contributed by atoms with E-state index in [-0.39, 0.29) is 36.2 Å². The Morgan fingerprint density at radius 1 is 0.763 bits per heavy atom. The van der Waals surface area contributed by atoms with Gasteiger partial charge in [0.05, 0.1) is 42.0 Å². The van der Waals surface area contributed by atoms with Crippen LogP contribution in [-0.4, -0.2) is 98.1 Å². The van der Waals surface area contributed by atoms with E-state index < -0.39 is 0 Å². The van der Waals surface area contributed by atoms with Crippen LogP contribution < -0.4 is 0 Å². The van der Waals surface area contributed by atoms with E-state index in [0.29, 0.717) is 12.5 Å². The SMILES string of the molecule is O=C([C@H]1CCCO1)N1CCC[C@H]1c1nc(-c2ccc(-c3ccc(-c4cnc([C@@H]5CCCN5CC(C5C=CC=CO5)N5CCC(c6ccccc6)CC5)[nH]4)cc3)cc2)c[nH]1. The van der Waals surface area contributed by atoms with E-state index in [0.717, 1.165) is 117 Å². The van der Waals surface area contributed by atoms with Gasteiger partial charge in [0.15, 0.2) is 0 Å². The third kappa shape index (κ3) is 8.06. The van der Waals surface area contributed by atoms with Crippen molar-refractivity contribution in [2.45, 2.75) is 87.6 Å². The number of likely N-dealkylation sites (tertiary alicyclic amines) is 3. The lowest BCUT2D eigenvalue weighted by Crippen LogP contribution is -2.53. The number of carbonyl (C=O) groups is 1. The molecule has 0 spiro atoms. The molecule has 2 unspecified atom stereocenters. The van der Waals surface area contributed by atoms with Gasteiger partial charge in [0.25, 0.3) is 5.91 Å². The van der Waals surface area contributed by atoms with E-state index in [1.54, 1.807) is 0 Å². The Kier molecular flexibility index (Phi) is 11.0. The second-order valence-corrected chi connectivity index (χ2v) is 17.0. The summed E-state index contributed by atoms with van der Waals surface area (Å²) < 4.78 is 12.0. The normalized spacial score (nSPS) is 24.5. The van der Waals surface area contributed by atoms with Crippen molar-refractivity contribution in [2.75, 3.05) is 39.3 Å². The average Bonchev–Trinajstić information content (AvgIpc) is 4.17. The maximum atomic E-state index is 13.2. The lowest BCUT2D eigenvalue weighted by molar-refractivity contribution is -0.142. The fourth-order valence-electron chi connectivity index (χ4n) is 10.2. The van der Waals surface area contributed by atoms with E-state index >= 15 is 0 Å². The molecule has 4 saturated heterocycles. The van der Waals surface area contributed by atoms with Crippen LogP contribution in [0, 0.1) is 0 Å². The quantitative estimate of drug-likeness (QED) is 0.138. The largest absolute Gasteiger partial charge is 0.492 e. The van der Waals surface area contributed by atoms with Crippen LogP contribution in [0.1, 0.15) is 86.6 Å². The molecule has 4 fully saturated rings. The number of ether oxygens (including phenoxy) is 2. The molecular weight excluding hydrogens is 735 g/mol. The molecule has 10 nitrogen and oxygen atoms in total. The van der Waals surface area contributed by atoms with E-state index in [2.05, 4.69) is 111 Å². The Morgan fingerprint density at radius 3 is 2.25 bits per heavy atom. The predicted octanol–water partition coefficient (Wildman–Crippen LogP) is 8.83. The first-order valence-electron chi connectivity index (χ1n) is 21.9. The zero-order chi connectivity index (χ0) is 39.5. The van der Waals surface area contributed by atoms with Crippen molar-refractivity contribution in [3.63, 3.8) is 0 Å². The first kappa shape index (κ1) is 37.9. The third-order valence-electron chi connectivity index (χ3n) is 13.4. The van der Waals surface area contributed by atoms with Gasteiger partial charge in [-0.2, -0.15) is 0 Å². The summed E-state index contributed by atoms with van der Waals surface area (Å²) >= 11 is 0. The van der Waals surface area contributed by atoms with Crippen LogP contribution in [-0.2, 0) is 14.3 Å². The second-order valence-electron chi connectivity index (χ2n) is 17.0. The van der Waals surface area contributed by atoms with E-state index in [9.17, 15) is 4.79 Å². The number of piperidine rings is 1. The molecule has 0 saturated carbocycles. The van der Waals surface area contributed by atoms with Gasteiger partial charge in [-0.1, -0.05) is 84.9 Å². The van der Waals surface area contributed by atoms with Crippen molar-refractivity contribution in [3.8, 4) is 33.6 Å². The number of hydrogen-bond donors (Lipinski definition) is 2. The van der Waals surface area contributed by atoms with Gasteiger partial charge in [-0.25, -0.2) is 9.97 Å². The van der Waals surface area contributed by atoms with Gasteiger partial charge in [-0.15, -0.1) is 0 Å². The maximum absolute atomic E-state index is 13.2. The van der Waals surface area contributed by atoms with Gasteiger partial charge in [0.1, 0.15) is 23.9 Å². The molecule has 10 rings (SSSR count). The van der Waals surface area contributed by atoms with Crippen molar-refractivity contribution >= 4 is 5.91 Å². The van der Waals surface area contributed by atoms with Crippen LogP contribution in [0.25, 0.3) is 33.6 Å². The number of imidazole rings is 2. The molecule has 0 aliphatic carbocycles. The van der Waals surface area contributed by atoms with E-state index in [4.69, 9.17) is 19.4 Å². The smallest absolute Gasteiger partial charge is 0.252 e. The Labute approximate surface area is 347 Å². The summed E-state index contributed by atoms with van der Waals surface area (Å²) in [6, 6.07) is 28.9. The molecule has 7 heterocycles. The molecule has 2 aromatic heterocycles. The molecule has 59 heavy (non-hydrogen) atoms. The summed E-state index contributed by atoms with van der Waals surface area (Å²) in [7, 11) is 0. The molecule has 2 N–H and O–H groups in total. The summed E-state index contributed by atoms with van der Waals surface area (Å²) in [6.07, 6.45) is 20.2. The number of benzene rings is 3. The lowest BCUT2D eigenvalue weighted by Gasteiger charge is -2.42. The van der Waals surface area contributed by atoms with Crippen LogP contribution in [0.15, 0.2) is 116 Å². The predicted molar refractivity (Wildman–Crippen MR) is 230 cm³/mol. The third-order valence-corrected chi connectivity index (χ3v) is 13.4. The number of nitrogens with one attached hydrogen (secondary N) is 2. The number of rotatable bonds is 11. The molecule has 3 aromatic carbocycles. The van der Waals surface area contributed by atoms with Crippen molar-refractivity contribution < 1.29 is 14.3 Å². The van der Waals surface area contributed by atoms with Crippen LogP contribution in [0.4, 0.5) is 0 Å². The van der Waals surface area contributed by atoms with Gasteiger partial charge in [-0.05, 0) is 111 Å². The Hall–Kier alpha value is -5.29. The molecule has 304 valence electrons. The fourth-order valence-corrected chi connectivity index (χ4v) is 10.2. The summed E-state index contributed by atoms with van der Waals surface area (Å²) in [5.41, 5.74) is 7.89. The first-order valence-corrected chi connectivity index (χ1v) is 21.9. The van der Waals surface area contributed by atoms with Gasteiger partial charge < -0.3 is 24.3 Å². The Balaban J connectivity index is 0.781. The fraction of sp³-hybridized carbons (Fsp3) is 0.408. The highest BCUT2D eigenvalue weighted by Crippen LogP contribution is 2.37. The molecule has 10 heteroatoms. The molecule has 5 aliphatic heterocycles. The first-order chi connectivity index (χ1) is 29.1. The highest BCUT2D eigenvalue weighted by molar-refractivity contribution is 5.82. The molecule has 0 bridgehead atoms. The van der Waals surface area contributed by atoms with Crippen molar-refractivity contribution in [2.24, 2.45) is 0 Å². The number of hydrogen-bond acceptors (Lipinski definition) is 7. The van der Waals surface area contributed by atoms with Crippen molar-refractivity contribution in [1.29, 1.82) is 0 Å². The number of carbonyl (C=O) groups excluding carboxylic acids is 1. The maximum Gasteiger partial charge on any atom is 0.252 e. The monoisotopic (exact) mass is 789 g/mol. The summed E-state index contributed by atoms with van der Waals surface area (Å²) in [5.74, 6) is 2.64. The van der Waals surface area contributed by atoms with Crippen LogP contribution in [0.5, 0.6) is 0 Å². The molecular formula is C49H55N7O3. The molecule has 5 aromatic rings. The zero-order valence-corrected chi connectivity index (χ0v) is 33.8. The number of amides is 1. The van der Waals surface area contributed by atoms with Crippen LogP contribution >= 0.6 is 0 Å². The Bertz CT molecular complexity index is 2230. The minimum absolute atomic E-state index is 0.0238. The van der Waals surface area contributed by atoms with Gasteiger partial charge in [0, 0.05) is 31.5 Å². The molecule has 5 atom stereocenters. The number of H-pyrrole nitrogens is 2. The molecule has 0 radical (unpaired) electrons. The van der Waals surface area contributed by atoms with Gasteiger partial charge in [-0.3, -0.25) is 14.6 Å². The minimum atomic E-state index is -0.298. The summed E-state index contributed by atoms with van der Waals surface area (Å²) in [6.45, 7) is 5.61. The summed E-state index contributed by atoms with van der Waals surface area (Å²) in [5, 5.41) is 0. The minimum Gasteiger partial charge on any atom is -0.492 e. The number of aromatic nitrogens is 4. The van der Waals surface area contributed by atoms with Gasteiger partial charge in [0.2, 0.25) is 0 Å². The topological polar surface area (TPSA) is 103 Å².